The first-order valence-electron chi connectivity index (χ1n) is 6.19. The number of rotatable bonds is 3. The van der Waals surface area contributed by atoms with Crippen molar-refractivity contribution in [1.82, 2.24) is 0 Å². The number of aromatic carboxylic acids is 1. The van der Waals surface area contributed by atoms with Gasteiger partial charge in [0.2, 0.25) is 0 Å². The zero-order chi connectivity index (χ0) is 18.0. The Labute approximate surface area is 156 Å². The van der Waals surface area contributed by atoms with Gasteiger partial charge in [-0.05, 0) is 12.1 Å². The van der Waals surface area contributed by atoms with Crippen molar-refractivity contribution >= 4 is 64.0 Å². The van der Waals surface area contributed by atoms with Crippen LogP contribution in [-0.4, -0.2) is 17.0 Å². The summed E-state index contributed by atoms with van der Waals surface area (Å²) in [5.74, 6) is -2.39. The Morgan fingerprint density at radius 3 is 2.04 bits per heavy atom. The van der Waals surface area contributed by atoms with Crippen molar-refractivity contribution in [3.05, 3.63) is 61.0 Å². The summed E-state index contributed by atoms with van der Waals surface area (Å²) in [6.45, 7) is 0. The highest BCUT2D eigenvalue weighted by molar-refractivity contribution is 6.54. The molecular weight excluding hydrogens is 398 g/mol. The van der Waals surface area contributed by atoms with Crippen LogP contribution < -0.4 is 5.32 Å². The number of nitrogens with zero attached hydrogens (tertiary/aromatic N) is 1. The minimum Gasteiger partial charge on any atom is -0.478 e. The first-order valence-corrected chi connectivity index (χ1v) is 7.70. The third kappa shape index (κ3) is 3.28. The van der Waals surface area contributed by atoms with E-state index in [0.29, 0.717) is 0 Å². The van der Waals surface area contributed by atoms with Crippen molar-refractivity contribution < 1.29 is 14.7 Å². The van der Waals surface area contributed by atoms with E-state index < -0.39 is 28.0 Å². The Morgan fingerprint density at radius 2 is 1.50 bits per heavy atom. The normalized spacial score (nSPS) is 10.1. The topological polar surface area (TPSA) is 90.2 Å². The molecule has 0 atom stereocenters. The summed E-state index contributed by atoms with van der Waals surface area (Å²) in [6.07, 6.45) is 0. The molecule has 0 saturated heterocycles. The summed E-state index contributed by atoms with van der Waals surface area (Å²) in [6, 6.07) is 8.06. The average molecular weight is 404 g/mol. The van der Waals surface area contributed by atoms with Crippen molar-refractivity contribution in [3.63, 3.8) is 0 Å². The fraction of sp³-hybridized carbons (Fsp3) is 0. The number of amides is 1. The molecule has 122 valence electrons. The zero-order valence-electron chi connectivity index (χ0n) is 11.5. The number of para-hydroxylation sites is 1. The molecular formula is C15H6Cl4N2O3. The van der Waals surface area contributed by atoms with Gasteiger partial charge in [0.1, 0.15) is 6.07 Å². The SMILES string of the molecule is N#Cc1ccccc1NC(=O)c1c(Cl)c(Cl)c(Cl)c(Cl)c1C(=O)O. The Kier molecular flexibility index (Phi) is 5.58. The van der Waals surface area contributed by atoms with Gasteiger partial charge in [0, 0.05) is 0 Å². The molecule has 2 aromatic rings. The summed E-state index contributed by atoms with van der Waals surface area (Å²) in [5.41, 5.74) is -0.663. The van der Waals surface area contributed by atoms with Crippen molar-refractivity contribution in [1.29, 1.82) is 5.26 Å². The van der Waals surface area contributed by atoms with Crippen LogP contribution in [0.5, 0.6) is 0 Å². The van der Waals surface area contributed by atoms with Crippen LogP contribution in [0.2, 0.25) is 20.1 Å². The molecule has 1 amide bonds. The lowest BCUT2D eigenvalue weighted by Crippen LogP contribution is -2.18. The first kappa shape index (κ1) is 18.4. The molecule has 9 heteroatoms. The second-order valence-corrected chi connectivity index (χ2v) is 5.93. The quantitative estimate of drug-likeness (QED) is 0.549. The molecule has 0 heterocycles. The van der Waals surface area contributed by atoms with Gasteiger partial charge in [0.25, 0.3) is 5.91 Å². The maximum atomic E-state index is 12.5. The lowest BCUT2D eigenvalue weighted by Gasteiger charge is -2.14. The van der Waals surface area contributed by atoms with E-state index in [9.17, 15) is 14.7 Å². The number of nitrogens with one attached hydrogen (secondary N) is 1. The summed E-state index contributed by atoms with van der Waals surface area (Å²) < 4.78 is 0. The van der Waals surface area contributed by atoms with Crippen molar-refractivity contribution in [2.45, 2.75) is 0 Å². The van der Waals surface area contributed by atoms with Crippen molar-refractivity contribution in [3.8, 4) is 6.07 Å². The standard InChI is InChI=1S/C15H6Cl4N2O3/c16-10-8(9(15(23)24)11(17)13(19)12(10)18)14(22)21-7-4-2-1-3-6(7)5-20/h1-4H,(H,21,22)(H,23,24). The fourth-order valence-electron chi connectivity index (χ4n) is 1.92. The number of carbonyl (C=O) groups excluding carboxylic acids is 1. The minimum atomic E-state index is -1.50. The minimum absolute atomic E-state index is 0.180. The zero-order valence-corrected chi connectivity index (χ0v) is 14.6. The third-order valence-electron chi connectivity index (χ3n) is 3.00. The third-order valence-corrected chi connectivity index (χ3v) is 4.81. The second-order valence-electron chi connectivity index (χ2n) is 4.42. The van der Waals surface area contributed by atoms with Gasteiger partial charge in [-0.3, -0.25) is 4.79 Å². The van der Waals surface area contributed by atoms with Gasteiger partial charge in [-0.1, -0.05) is 58.5 Å². The molecule has 2 rings (SSSR count). The highest BCUT2D eigenvalue weighted by atomic mass is 35.5. The molecule has 5 nitrogen and oxygen atoms in total. The monoisotopic (exact) mass is 402 g/mol. The van der Waals surface area contributed by atoms with Gasteiger partial charge < -0.3 is 10.4 Å². The number of anilines is 1. The number of carbonyl (C=O) groups is 2. The van der Waals surface area contributed by atoms with Gasteiger partial charge in [-0.25, -0.2) is 4.79 Å². The Bertz CT molecular complexity index is 907. The summed E-state index contributed by atoms with van der Waals surface area (Å²) in [7, 11) is 0. The van der Waals surface area contributed by atoms with Crippen LogP contribution in [0.25, 0.3) is 0 Å². The highest BCUT2D eigenvalue weighted by Gasteiger charge is 2.29. The second kappa shape index (κ2) is 7.29. The van der Waals surface area contributed by atoms with Crippen LogP contribution in [0.1, 0.15) is 26.3 Å². The molecule has 0 aliphatic carbocycles. The largest absolute Gasteiger partial charge is 0.478 e. The van der Waals surface area contributed by atoms with E-state index >= 15 is 0 Å². The summed E-state index contributed by atoms with van der Waals surface area (Å²) >= 11 is 23.6. The van der Waals surface area contributed by atoms with Crippen LogP contribution in [0, 0.1) is 11.3 Å². The maximum Gasteiger partial charge on any atom is 0.338 e. The average Bonchev–Trinajstić information content (AvgIpc) is 2.55. The van der Waals surface area contributed by atoms with Gasteiger partial charge in [-0.2, -0.15) is 5.26 Å². The number of carboxylic acids is 1. The van der Waals surface area contributed by atoms with E-state index in [2.05, 4.69) is 5.32 Å². The lowest BCUT2D eigenvalue weighted by atomic mass is 10.1. The molecule has 0 bridgehead atoms. The van der Waals surface area contributed by atoms with Crippen LogP contribution in [0.4, 0.5) is 5.69 Å². The Morgan fingerprint density at radius 1 is 0.958 bits per heavy atom. The van der Waals surface area contributed by atoms with Crippen LogP contribution in [0.3, 0.4) is 0 Å². The highest BCUT2D eigenvalue weighted by Crippen LogP contribution is 2.41. The molecule has 0 fully saturated rings. The number of nitriles is 1. The first-order chi connectivity index (χ1) is 11.3. The number of carboxylic acid groups (broad SMARTS) is 1. The Hall–Kier alpha value is -1.97. The van der Waals surface area contributed by atoms with Crippen LogP contribution >= 0.6 is 46.4 Å². The fourth-order valence-corrected chi connectivity index (χ4v) is 2.94. The molecule has 0 aliphatic rings. The van der Waals surface area contributed by atoms with Crippen LogP contribution in [-0.2, 0) is 0 Å². The van der Waals surface area contributed by atoms with Crippen molar-refractivity contribution in [2.24, 2.45) is 0 Å². The molecule has 0 spiro atoms. The molecule has 2 aromatic carbocycles. The molecule has 2 N–H and O–H groups in total. The van der Waals surface area contributed by atoms with E-state index in [4.69, 9.17) is 51.7 Å². The Balaban J connectivity index is 2.62. The molecule has 24 heavy (non-hydrogen) atoms. The molecule has 0 aliphatic heterocycles. The molecule has 0 saturated carbocycles. The number of hydrogen-bond donors (Lipinski definition) is 2. The summed E-state index contributed by atoms with van der Waals surface area (Å²) in [5, 5.41) is 19.5. The number of halogens is 4. The number of benzene rings is 2. The van der Waals surface area contributed by atoms with E-state index in [0.717, 1.165) is 0 Å². The summed E-state index contributed by atoms with van der Waals surface area (Å²) in [4.78, 5) is 24.0. The van der Waals surface area contributed by atoms with E-state index in [-0.39, 0.29) is 26.3 Å². The van der Waals surface area contributed by atoms with E-state index in [1.165, 1.54) is 12.1 Å². The van der Waals surface area contributed by atoms with Crippen LogP contribution in [0.15, 0.2) is 24.3 Å². The predicted molar refractivity (Wildman–Crippen MR) is 92.6 cm³/mol. The van der Waals surface area contributed by atoms with E-state index in [1.807, 2.05) is 6.07 Å². The molecule has 0 radical (unpaired) electrons. The molecule has 0 aromatic heterocycles. The van der Waals surface area contributed by atoms with E-state index in [1.54, 1.807) is 12.1 Å². The van der Waals surface area contributed by atoms with Crippen molar-refractivity contribution in [2.75, 3.05) is 5.32 Å². The maximum absolute atomic E-state index is 12.5. The molecule has 0 unspecified atom stereocenters. The predicted octanol–water partition coefficient (Wildman–Crippen LogP) is 5.12. The van der Waals surface area contributed by atoms with Gasteiger partial charge >= 0.3 is 5.97 Å². The lowest BCUT2D eigenvalue weighted by molar-refractivity contribution is 0.0692. The number of hydrogen-bond acceptors (Lipinski definition) is 3. The van der Waals surface area contributed by atoms with Gasteiger partial charge in [-0.15, -0.1) is 0 Å². The van der Waals surface area contributed by atoms with Gasteiger partial charge in [0.15, 0.2) is 0 Å². The smallest absolute Gasteiger partial charge is 0.338 e. The van der Waals surface area contributed by atoms with Gasteiger partial charge in [0.05, 0.1) is 42.5 Å².